The van der Waals surface area contributed by atoms with Crippen LogP contribution in [0.3, 0.4) is 0 Å². The summed E-state index contributed by atoms with van der Waals surface area (Å²) in [5.74, 6) is 11.5. The molecule has 0 aromatic rings. The van der Waals surface area contributed by atoms with E-state index in [4.69, 9.17) is 29.5 Å². The number of unbranched alkanes of at least 4 members (excludes halogenated alkanes) is 14. The topological polar surface area (TPSA) is 105 Å². The molecule has 0 heterocycles. The normalized spacial score (nSPS) is 10.1. The van der Waals surface area contributed by atoms with Gasteiger partial charge in [-0.15, -0.1) is 0 Å². The molecule has 222 valence electrons. The van der Waals surface area contributed by atoms with Crippen molar-refractivity contribution < 1.29 is 34.3 Å². The Kier molecular flexibility index (Phi) is 38.1. The molecule has 0 radical (unpaired) electrons. The Morgan fingerprint density at radius 3 is 1.32 bits per heavy atom. The molecule has 0 aliphatic rings. The van der Waals surface area contributed by atoms with Gasteiger partial charge in [-0.3, -0.25) is 4.79 Å². The highest BCUT2D eigenvalue weighted by molar-refractivity contribution is 5.66. The molecular formula is C31H56O7. The second-order valence-corrected chi connectivity index (χ2v) is 9.13. The zero-order valence-corrected chi connectivity index (χ0v) is 24.2. The first-order valence-electron chi connectivity index (χ1n) is 14.8. The largest absolute Gasteiger partial charge is 0.481 e. The van der Waals surface area contributed by atoms with Crippen LogP contribution >= 0.6 is 0 Å². The van der Waals surface area contributed by atoms with Gasteiger partial charge in [-0.1, -0.05) is 89.4 Å². The van der Waals surface area contributed by atoms with Crippen molar-refractivity contribution in [3.05, 3.63) is 0 Å². The van der Waals surface area contributed by atoms with Gasteiger partial charge >= 0.3 is 5.97 Å². The Bertz CT molecular complexity index is 577. The number of carbonyl (C=O) groups is 1. The number of hydrogen-bond donors (Lipinski definition) is 3. The molecule has 0 atom stereocenters. The molecule has 7 heteroatoms. The molecule has 7 nitrogen and oxygen atoms in total. The van der Waals surface area contributed by atoms with E-state index < -0.39 is 5.97 Å². The van der Waals surface area contributed by atoms with E-state index in [9.17, 15) is 4.79 Å². The first-order chi connectivity index (χ1) is 18.7. The second-order valence-electron chi connectivity index (χ2n) is 9.13. The highest BCUT2D eigenvalue weighted by Gasteiger charge is 1.96. The molecule has 0 unspecified atom stereocenters. The minimum atomic E-state index is -0.682. The summed E-state index contributed by atoms with van der Waals surface area (Å²) in [5, 5.41) is 25.3. The van der Waals surface area contributed by atoms with Gasteiger partial charge in [0.05, 0.1) is 52.9 Å². The van der Waals surface area contributed by atoms with Crippen LogP contribution in [-0.4, -0.2) is 74.1 Å². The monoisotopic (exact) mass is 540 g/mol. The van der Waals surface area contributed by atoms with E-state index in [1.165, 1.54) is 64.2 Å². The molecule has 38 heavy (non-hydrogen) atoms. The van der Waals surface area contributed by atoms with Crippen molar-refractivity contribution in [1.82, 2.24) is 0 Å². The van der Waals surface area contributed by atoms with Crippen molar-refractivity contribution in [3.8, 4) is 23.7 Å². The average Bonchev–Trinajstić information content (AvgIpc) is 2.91. The molecule has 0 aliphatic heterocycles. The van der Waals surface area contributed by atoms with E-state index in [-0.39, 0.29) is 13.2 Å². The summed E-state index contributed by atoms with van der Waals surface area (Å²) in [6.07, 6.45) is 19.5. The molecular weight excluding hydrogens is 484 g/mol. The van der Waals surface area contributed by atoms with Gasteiger partial charge in [-0.2, -0.15) is 0 Å². The molecule has 0 aliphatic carbocycles. The predicted octanol–water partition coefficient (Wildman–Crippen LogP) is 5.75. The van der Waals surface area contributed by atoms with Gasteiger partial charge in [0, 0.05) is 19.3 Å². The second kappa shape index (κ2) is 37.5. The molecule has 0 spiro atoms. The van der Waals surface area contributed by atoms with Crippen molar-refractivity contribution in [2.75, 3.05) is 52.9 Å². The van der Waals surface area contributed by atoms with Gasteiger partial charge < -0.3 is 29.5 Å². The van der Waals surface area contributed by atoms with E-state index in [1.54, 1.807) is 0 Å². The van der Waals surface area contributed by atoms with Gasteiger partial charge in [-0.25, -0.2) is 0 Å². The van der Waals surface area contributed by atoms with E-state index in [2.05, 4.69) is 30.6 Å². The lowest BCUT2D eigenvalue weighted by Gasteiger charge is -2.04. The van der Waals surface area contributed by atoms with Crippen molar-refractivity contribution >= 4 is 5.97 Å². The predicted molar refractivity (Wildman–Crippen MR) is 154 cm³/mol. The van der Waals surface area contributed by atoms with E-state index in [1.807, 2.05) is 0 Å². The summed E-state index contributed by atoms with van der Waals surface area (Å²) < 4.78 is 15.0. The number of aliphatic carboxylic acids is 1. The Morgan fingerprint density at radius 1 is 0.553 bits per heavy atom. The number of rotatable bonds is 26. The molecule has 0 saturated carbocycles. The summed E-state index contributed by atoms with van der Waals surface area (Å²) >= 11 is 0. The van der Waals surface area contributed by atoms with Gasteiger partial charge in [-0.05, 0) is 31.1 Å². The van der Waals surface area contributed by atoms with Crippen LogP contribution in [0, 0.1) is 23.7 Å². The van der Waals surface area contributed by atoms with Crippen LogP contribution in [0.1, 0.15) is 116 Å². The quantitative estimate of drug-likeness (QED) is 0.0947. The first kappa shape index (κ1) is 38.5. The minimum absolute atomic E-state index is 0.0413. The van der Waals surface area contributed by atoms with Crippen molar-refractivity contribution in [3.63, 3.8) is 0 Å². The molecule has 0 rings (SSSR count). The summed E-state index contributed by atoms with van der Waals surface area (Å²) in [4.78, 5) is 10.4. The van der Waals surface area contributed by atoms with Crippen LogP contribution in [0.15, 0.2) is 0 Å². The summed E-state index contributed by atoms with van der Waals surface area (Å²) in [7, 11) is 0. The smallest absolute Gasteiger partial charge is 0.303 e. The Balaban J connectivity index is 0. The lowest BCUT2D eigenvalue weighted by atomic mass is 10.1. The van der Waals surface area contributed by atoms with Crippen molar-refractivity contribution in [1.29, 1.82) is 0 Å². The van der Waals surface area contributed by atoms with Gasteiger partial charge in [0.1, 0.15) is 0 Å². The van der Waals surface area contributed by atoms with Gasteiger partial charge in [0.2, 0.25) is 0 Å². The number of carboxylic acids is 1. The van der Waals surface area contributed by atoms with Gasteiger partial charge in [0.15, 0.2) is 0 Å². The number of hydrogen-bond acceptors (Lipinski definition) is 6. The molecule has 0 aromatic heterocycles. The lowest BCUT2D eigenvalue weighted by Crippen LogP contribution is -2.11. The van der Waals surface area contributed by atoms with Crippen LogP contribution in [0.5, 0.6) is 0 Å². The molecule has 0 fully saturated rings. The fourth-order valence-corrected chi connectivity index (χ4v) is 3.43. The molecule has 0 aromatic carbocycles. The lowest BCUT2D eigenvalue weighted by molar-refractivity contribution is -0.137. The Labute approximate surface area is 233 Å². The summed E-state index contributed by atoms with van der Waals surface area (Å²) in [6.45, 7) is 5.02. The zero-order valence-electron chi connectivity index (χ0n) is 24.2. The molecule has 0 saturated heterocycles. The van der Waals surface area contributed by atoms with Crippen LogP contribution in [0.2, 0.25) is 0 Å². The van der Waals surface area contributed by atoms with E-state index in [0.717, 1.165) is 38.5 Å². The van der Waals surface area contributed by atoms with E-state index >= 15 is 0 Å². The van der Waals surface area contributed by atoms with Crippen molar-refractivity contribution in [2.45, 2.75) is 116 Å². The number of carboxylic acid groups (broad SMARTS) is 1. The van der Waals surface area contributed by atoms with Crippen LogP contribution in [0.4, 0.5) is 0 Å². The van der Waals surface area contributed by atoms with E-state index in [0.29, 0.717) is 46.1 Å². The van der Waals surface area contributed by atoms with Gasteiger partial charge in [0.25, 0.3) is 0 Å². The zero-order chi connectivity index (χ0) is 28.2. The number of aliphatic hydroxyl groups is 2. The maximum atomic E-state index is 10.4. The van der Waals surface area contributed by atoms with Crippen molar-refractivity contribution in [2.24, 2.45) is 0 Å². The first-order valence-corrected chi connectivity index (χ1v) is 14.8. The summed E-state index contributed by atoms with van der Waals surface area (Å²) in [6, 6.07) is 0. The molecule has 3 N–H and O–H groups in total. The average molecular weight is 541 g/mol. The Morgan fingerprint density at radius 2 is 0.921 bits per heavy atom. The maximum absolute atomic E-state index is 10.4. The fraction of sp³-hybridized carbons (Fsp3) is 0.839. The van der Waals surface area contributed by atoms with Crippen LogP contribution in [-0.2, 0) is 19.0 Å². The third-order valence-corrected chi connectivity index (χ3v) is 5.55. The highest BCUT2D eigenvalue weighted by Crippen LogP contribution is 2.09. The maximum Gasteiger partial charge on any atom is 0.303 e. The SMILES string of the molecule is CCCCCCCCCCC#CC#CCCCCCCCCC(=O)O.OCCOCCOCCOCCO. The fourth-order valence-electron chi connectivity index (χ4n) is 3.43. The Hall–Kier alpha value is -1.61. The summed E-state index contributed by atoms with van der Waals surface area (Å²) in [5.41, 5.74) is 0. The standard InChI is InChI=1S/C23H38O2.C8H18O5/c1-2-3-4-5-6-7-8-9-10-11-12-13-14-15-16-17-18-19-20-21-22-23(24)25;9-1-3-11-5-7-13-8-6-12-4-2-10/h2-10,15-22H2,1H3,(H,24,25);9-10H,1-8H2. The molecule has 0 amide bonds. The number of aliphatic hydroxyl groups excluding tert-OH is 2. The van der Waals surface area contributed by atoms with Crippen LogP contribution < -0.4 is 0 Å². The minimum Gasteiger partial charge on any atom is -0.481 e. The third kappa shape index (κ3) is 41.5. The van der Waals surface area contributed by atoms with Crippen LogP contribution in [0.25, 0.3) is 0 Å². The molecule has 0 bridgehead atoms. The number of ether oxygens (including phenoxy) is 3. The highest BCUT2D eigenvalue weighted by atomic mass is 16.5. The third-order valence-electron chi connectivity index (χ3n) is 5.55.